The highest BCUT2D eigenvalue weighted by Crippen LogP contribution is 2.30. The fraction of sp³-hybridized carbons (Fsp3) is 0.0588. The lowest BCUT2D eigenvalue weighted by molar-refractivity contribution is 0.602. The molecule has 0 aliphatic heterocycles. The van der Waals surface area contributed by atoms with Gasteiger partial charge in [0.2, 0.25) is 0 Å². The summed E-state index contributed by atoms with van der Waals surface area (Å²) in [6.45, 7) is 0. The molecule has 1 aromatic carbocycles. The highest BCUT2D eigenvalue weighted by atomic mass is 32.2. The summed E-state index contributed by atoms with van der Waals surface area (Å²) >= 11 is 0. The van der Waals surface area contributed by atoms with E-state index in [1.165, 1.54) is 6.26 Å². The predicted molar refractivity (Wildman–Crippen MR) is 94.7 cm³/mol. The maximum atomic E-state index is 11.7. The van der Waals surface area contributed by atoms with Gasteiger partial charge in [-0.3, -0.25) is 4.98 Å². The number of sulfone groups is 1. The molecule has 24 heavy (non-hydrogen) atoms. The molecule has 0 unspecified atom stereocenters. The Kier molecular flexibility index (Phi) is 4.18. The largest absolute Gasteiger partial charge is 0.384 e. The van der Waals surface area contributed by atoms with Crippen LogP contribution in [0, 0.1) is 0 Å². The van der Waals surface area contributed by atoms with Crippen LogP contribution < -0.4 is 11.1 Å². The Morgan fingerprint density at radius 1 is 1.04 bits per heavy atom. The molecule has 6 nitrogen and oxygen atoms in total. The van der Waals surface area contributed by atoms with Crippen molar-refractivity contribution in [1.29, 1.82) is 0 Å². The van der Waals surface area contributed by atoms with E-state index in [1.54, 1.807) is 42.7 Å². The van der Waals surface area contributed by atoms with Crippen molar-refractivity contribution in [2.24, 2.45) is 0 Å². The van der Waals surface area contributed by atoms with Crippen molar-refractivity contribution in [2.75, 3.05) is 17.3 Å². The van der Waals surface area contributed by atoms with E-state index >= 15 is 0 Å². The Hall–Kier alpha value is -2.93. The number of aromatic nitrogens is 2. The Morgan fingerprint density at radius 3 is 2.58 bits per heavy atom. The van der Waals surface area contributed by atoms with Crippen LogP contribution in [0.25, 0.3) is 11.3 Å². The van der Waals surface area contributed by atoms with Crippen LogP contribution in [0.15, 0.2) is 65.8 Å². The molecule has 3 aromatic rings. The molecule has 3 N–H and O–H groups in total. The van der Waals surface area contributed by atoms with Crippen molar-refractivity contribution < 1.29 is 8.42 Å². The van der Waals surface area contributed by atoms with Crippen LogP contribution in [-0.4, -0.2) is 24.6 Å². The summed E-state index contributed by atoms with van der Waals surface area (Å²) in [4.78, 5) is 8.68. The molecular formula is C17H16N4O2S. The third-order valence-corrected chi connectivity index (χ3v) is 4.52. The zero-order valence-electron chi connectivity index (χ0n) is 13.0. The lowest BCUT2D eigenvalue weighted by Crippen LogP contribution is -2.01. The van der Waals surface area contributed by atoms with Gasteiger partial charge in [-0.15, -0.1) is 0 Å². The van der Waals surface area contributed by atoms with Gasteiger partial charge in [0.1, 0.15) is 5.82 Å². The summed E-state index contributed by atoms with van der Waals surface area (Å²) in [6.07, 6.45) is 4.51. The van der Waals surface area contributed by atoms with Gasteiger partial charge in [0.05, 0.1) is 16.3 Å². The average molecular weight is 340 g/mol. The molecular weight excluding hydrogens is 324 g/mol. The van der Waals surface area contributed by atoms with E-state index in [9.17, 15) is 8.42 Å². The van der Waals surface area contributed by atoms with Crippen LogP contribution in [0.1, 0.15) is 0 Å². The summed E-state index contributed by atoms with van der Waals surface area (Å²) in [5.41, 5.74) is 8.65. The van der Waals surface area contributed by atoms with Crippen molar-refractivity contribution in [3.63, 3.8) is 0 Å². The van der Waals surface area contributed by atoms with Gasteiger partial charge in [0.25, 0.3) is 0 Å². The van der Waals surface area contributed by atoms with Crippen LogP contribution in [0.5, 0.6) is 0 Å². The number of nitrogen functional groups attached to an aromatic ring is 1. The maximum absolute atomic E-state index is 11.7. The third-order valence-electron chi connectivity index (χ3n) is 3.41. The predicted octanol–water partition coefficient (Wildman–Crippen LogP) is 2.87. The number of benzene rings is 1. The molecule has 2 aromatic heterocycles. The first-order valence-corrected chi connectivity index (χ1v) is 9.07. The number of nitrogens with one attached hydrogen (secondary N) is 1. The number of hydrogen-bond donors (Lipinski definition) is 2. The number of pyridine rings is 2. The summed E-state index contributed by atoms with van der Waals surface area (Å²) in [5, 5.41) is 3.20. The lowest BCUT2D eigenvalue weighted by atomic mass is 10.1. The summed E-state index contributed by atoms with van der Waals surface area (Å²) in [5.74, 6) is 0.358. The van der Waals surface area contributed by atoms with E-state index in [0.29, 0.717) is 17.2 Å². The maximum Gasteiger partial charge on any atom is 0.175 e. The lowest BCUT2D eigenvalue weighted by Gasteiger charge is -2.13. The Morgan fingerprint density at radius 2 is 1.88 bits per heavy atom. The van der Waals surface area contributed by atoms with Gasteiger partial charge in [-0.05, 0) is 30.3 Å². The second kappa shape index (κ2) is 6.29. The fourth-order valence-electron chi connectivity index (χ4n) is 2.26. The van der Waals surface area contributed by atoms with Crippen LogP contribution in [0.3, 0.4) is 0 Å². The molecule has 0 bridgehead atoms. The Bertz CT molecular complexity index is 973. The monoisotopic (exact) mass is 340 g/mol. The van der Waals surface area contributed by atoms with E-state index in [4.69, 9.17) is 5.73 Å². The van der Waals surface area contributed by atoms with Gasteiger partial charge in [0.15, 0.2) is 9.84 Å². The Labute approximate surface area is 140 Å². The van der Waals surface area contributed by atoms with E-state index in [-0.39, 0.29) is 4.90 Å². The van der Waals surface area contributed by atoms with Crippen molar-refractivity contribution >= 4 is 27.0 Å². The van der Waals surface area contributed by atoms with Gasteiger partial charge in [-0.1, -0.05) is 12.1 Å². The van der Waals surface area contributed by atoms with Gasteiger partial charge < -0.3 is 11.1 Å². The first kappa shape index (κ1) is 15.9. The zero-order valence-corrected chi connectivity index (χ0v) is 13.8. The molecule has 7 heteroatoms. The molecule has 0 spiro atoms. The highest BCUT2D eigenvalue weighted by molar-refractivity contribution is 7.90. The molecule has 0 atom stereocenters. The summed E-state index contributed by atoms with van der Waals surface area (Å²) < 4.78 is 23.4. The second-order valence-electron chi connectivity index (χ2n) is 5.29. The number of anilines is 3. The fourth-order valence-corrected chi connectivity index (χ4v) is 2.93. The quantitative estimate of drug-likeness (QED) is 0.758. The molecule has 2 heterocycles. The van der Waals surface area contributed by atoms with Crippen LogP contribution >= 0.6 is 0 Å². The molecule has 3 rings (SSSR count). The smallest absolute Gasteiger partial charge is 0.175 e. The van der Waals surface area contributed by atoms with E-state index < -0.39 is 9.84 Å². The third kappa shape index (κ3) is 3.52. The minimum atomic E-state index is -3.28. The van der Waals surface area contributed by atoms with Crippen LogP contribution in [0.4, 0.5) is 17.2 Å². The van der Waals surface area contributed by atoms with Crippen LogP contribution in [0.2, 0.25) is 0 Å². The van der Waals surface area contributed by atoms with Crippen molar-refractivity contribution in [1.82, 2.24) is 9.97 Å². The first-order chi connectivity index (χ1) is 11.4. The van der Waals surface area contributed by atoms with E-state index in [1.807, 2.05) is 18.2 Å². The van der Waals surface area contributed by atoms with Crippen LogP contribution in [-0.2, 0) is 9.84 Å². The van der Waals surface area contributed by atoms with Crippen molar-refractivity contribution in [2.45, 2.75) is 4.90 Å². The van der Waals surface area contributed by atoms with Crippen molar-refractivity contribution in [3.8, 4) is 11.3 Å². The van der Waals surface area contributed by atoms with Gasteiger partial charge in [0, 0.05) is 36.0 Å². The molecule has 0 amide bonds. The molecule has 122 valence electrons. The standard InChI is InChI=1S/C17H16N4O2S/c1-24(22,23)13-6-4-5-12(9-13)21-16-10-17(18)20-11-14(16)15-7-2-3-8-19-15/h2-11H,1H3,(H3,18,20,21). The SMILES string of the molecule is CS(=O)(=O)c1cccc(Nc2cc(N)ncc2-c2ccccn2)c1. The topological polar surface area (TPSA) is 98.0 Å². The normalized spacial score (nSPS) is 11.2. The van der Waals surface area contributed by atoms with Gasteiger partial charge in [-0.25, -0.2) is 13.4 Å². The number of nitrogens with zero attached hydrogens (tertiary/aromatic N) is 2. The zero-order chi connectivity index (χ0) is 17.2. The minimum Gasteiger partial charge on any atom is -0.384 e. The summed E-state index contributed by atoms with van der Waals surface area (Å²) in [6, 6.07) is 13.9. The molecule has 0 saturated carbocycles. The first-order valence-electron chi connectivity index (χ1n) is 7.17. The number of rotatable bonds is 4. The Balaban J connectivity index is 2.03. The molecule has 0 aliphatic rings. The molecule has 0 fully saturated rings. The van der Waals surface area contributed by atoms with E-state index in [2.05, 4.69) is 15.3 Å². The van der Waals surface area contributed by atoms with Crippen molar-refractivity contribution in [3.05, 3.63) is 60.9 Å². The van der Waals surface area contributed by atoms with E-state index in [0.717, 1.165) is 11.3 Å². The number of nitrogens with two attached hydrogens (primary N) is 1. The molecule has 0 saturated heterocycles. The highest BCUT2D eigenvalue weighted by Gasteiger charge is 2.11. The minimum absolute atomic E-state index is 0.244. The summed E-state index contributed by atoms with van der Waals surface area (Å²) in [7, 11) is -3.28. The van der Waals surface area contributed by atoms with Gasteiger partial charge >= 0.3 is 0 Å². The van der Waals surface area contributed by atoms with Gasteiger partial charge in [-0.2, -0.15) is 0 Å². The molecule has 0 aliphatic carbocycles. The second-order valence-corrected chi connectivity index (χ2v) is 7.31. The average Bonchev–Trinajstić information content (AvgIpc) is 2.55. The molecule has 0 radical (unpaired) electrons. The number of hydrogen-bond acceptors (Lipinski definition) is 6.